The van der Waals surface area contributed by atoms with Crippen LogP contribution in [0.4, 0.5) is 10.1 Å². The molecule has 0 spiro atoms. The van der Waals surface area contributed by atoms with Gasteiger partial charge in [0, 0.05) is 34.3 Å². The molecule has 3 aromatic rings. The highest BCUT2D eigenvalue weighted by atomic mass is 32.2. The molecule has 1 aliphatic rings. The lowest BCUT2D eigenvalue weighted by Crippen LogP contribution is -2.50. The molecule has 0 fully saturated rings. The van der Waals surface area contributed by atoms with Gasteiger partial charge in [-0.3, -0.25) is 19.3 Å². The molecular weight excluding hydrogens is 451 g/mol. The molecule has 176 valence electrons. The Morgan fingerprint density at radius 2 is 1.76 bits per heavy atom. The number of hydrogen-bond donors (Lipinski definition) is 2. The number of nitrogens with one attached hydrogen (secondary N) is 2. The van der Waals surface area contributed by atoms with Crippen LogP contribution in [0.5, 0.6) is 0 Å². The van der Waals surface area contributed by atoms with Crippen LogP contribution in [-0.2, 0) is 17.8 Å². The van der Waals surface area contributed by atoms with Crippen molar-refractivity contribution in [2.75, 3.05) is 5.32 Å². The number of hydrogen-bond acceptors (Lipinski definition) is 5. The predicted molar refractivity (Wildman–Crippen MR) is 132 cm³/mol. The summed E-state index contributed by atoms with van der Waals surface area (Å²) in [5.41, 5.74) is 2.65. The van der Waals surface area contributed by atoms with Crippen LogP contribution in [-0.4, -0.2) is 33.3 Å². The first-order valence-corrected chi connectivity index (χ1v) is 11.9. The quantitative estimate of drug-likeness (QED) is 0.514. The van der Waals surface area contributed by atoms with Gasteiger partial charge in [-0.15, -0.1) is 0 Å². The number of carbonyl (C=O) groups is 2. The Labute approximate surface area is 203 Å². The summed E-state index contributed by atoms with van der Waals surface area (Å²) in [6.07, 6.45) is 2.03. The maximum absolute atomic E-state index is 13.4. The first kappa shape index (κ1) is 23.9. The Morgan fingerprint density at radius 3 is 2.44 bits per heavy atom. The van der Waals surface area contributed by atoms with Crippen LogP contribution in [0.3, 0.4) is 0 Å². The van der Waals surface area contributed by atoms with Crippen molar-refractivity contribution >= 4 is 29.4 Å². The van der Waals surface area contributed by atoms with Gasteiger partial charge in [0.15, 0.2) is 0 Å². The summed E-state index contributed by atoms with van der Waals surface area (Å²) in [5, 5.41) is 2.94. The van der Waals surface area contributed by atoms with Crippen LogP contribution in [0.1, 0.15) is 42.4 Å². The summed E-state index contributed by atoms with van der Waals surface area (Å²) >= 11 is 1.53. The summed E-state index contributed by atoms with van der Waals surface area (Å²) in [6, 6.07) is 15.9. The zero-order valence-corrected chi connectivity index (χ0v) is 20.2. The summed E-state index contributed by atoms with van der Waals surface area (Å²) < 4.78 is 16.7. The molecule has 1 unspecified atom stereocenters. The molecule has 34 heavy (non-hydrogen) atoms. The molecule has 6 nitrogen and oxygen atoms in total. The number of fused-ring (bicyclic) bond motifs is 1. The molecule has 0 saturated carbocycles. The molecule has 2 aromatic carbocycles. The van der Waals surface area contributed by atoms with Crippen LogP contribution in [0.2, 0.25) is 0 Å². The first-order valence-electron chi connectivity index (χ1n) is 11.0. The molecule has 2 heterocycles. The van der Waals surface area contributed by atoms with Crippen molar-refractivity contribution in [2.45, 2.75) is 50.2 Å². The lowest BCUT2D eigenvalue weighted by atomic mass is 9.96. The van der Waals surface area contributed by atoms with E-state index in [0.717, 1.165) is 16.2 Å². The van der Waals surface area contributed by atoms with Crippen LogP contribution in [0.25, 0.3) is 0 Å². The lowest BCUT2D eigenvalue weighted by molar-refractivity contribution is -0.121. The zero-order chi connectivity index (χ0) is 24.3. The van der Waals surface area contributed by atoms with Crippen molar-refractivity contribution in [3.8, 4) is 0 Å². The Bertz CT molecular complexity index is 1180. The third-order valence-electron chi connectivity index (χ3n) is 5.35. The fourth-order valence-corrected chi connectivity index (χ4v) is 4.34. The number of benzene rings is 2. The van der Waals surface area contributed by atoms with Gasteiger partial charge in [0.05, 0.1) is 12.2 Å². The summed E-state index contributed by atoms with van der Waals surface area (Å²) in [4.78, 5) is 33.5. The Morgan fingerprint density at radius 1 is 1.06 bits per heavy atom. The molecule has 2 amide bonds. The maximum atomic E-state index is 13.4. The average molecular weight is 479 g/mol. The van der Waals surface area contributed by atoms with Crippen LogP contribution < -0.4 is 10.0 Å². The summed E-state index contributed by atoms with van der Waals surface area (Å²) in [6.45, 7) is 6.47. The van der Waals surface area contributed by atoms with E-state index in [1.165, 1.54) is 41.1 Å². The van der Waals surface area contributed by atoms with Crippen molar-refractivity contribution in [1.29, 1.82) is 0 Å². The number of amides is 2. The number of aromatic nitrogens is 1. The van der Waals surface area contributed by atoms with Crippen molar-refractivity contribution in [1.82, 2.24) is 14.6 Å². The largest absolute Gasteiger partial charge is 0.324 e. The molecule has 1 aliphatic heterocycles. The van der Waals surface area contributed by atoms with Crippen molar-refractivity contribution in [3.63, 3.8) is 0 Å². The fraction of sp³-hybridized carbons (Fsp3) is 0.269. The maximum Gasteiger partial charge on any atom is 0.254 e. The number of pyridine rings is 1. The number of nitrogens with zero attached hydrogens (tertiary/aromatic N) is 2. The lowest BCUT2D eigenvalue weighted by Gasteiger charge is -2.35. The van der Waals surface area contributed by atoms with Crippen molar-refractivity contribution < 1.29 is 14.0 Å². The minimum Gasteiger partial charge on any atom is -0.324 e. The molecule has 0 radical (unpaired) electrons. The summed E-state index contributed by atoms with van der Waals surface area (Å²) in [7, 11) is 0. The second-order valence-corrected chi connectivity index (χ2v) is 10.1. The molecule has 2 N–H and O–H groups in total. The van der Waals surface area contributed by atoms with E-state index in [1.54, 1.807) is 6.20 Å². The van der Waals surface area contributed by atoms with E-state index in [1.807, 2.05) is 36.4 Å². The normalized spacial score (nSPS) is 15.5. The van der Waals surface area contributed by atoms with Gasteiger partial charge in [-0.05, 0) is 92.9 Å². The second-order valence-electron chi connectivity index (χ2n) is 9.24. The number of carbonyl (C=O) groups excluding carboxylic acids is 2. The zero-order valence-electron chi connectivity index (χ0n) is 19.3. The van der Waals surface area contributed by atoms with Crippen LogP contribution >= 0.6 is 11.9 Å². The minimum absolute atomic E-state index is 0.0236. The van der Waals surface area contributed by atoms with E-state index < -0.39 is 11.9 Å². The first-order chi connectivity index (χ1) is 16.2. The van der Waals surface area contributed by atoms with E-state index in [4.69, 9.17) is 0 Å². The van der Waals surface area contributed by atoms with Gasteiger partial charge in [-0.25, -0.2) is 4.39 Å². The van der Waals surface area contributed by atoms with E-state index >= 15 is 0 Å². The van der Waals surface area contributed by atoms with Crippen LogP contribution in [0.15, 0.2) is 71.8 Å². The molecule has 8 heteroatoms. The van der Waals surface area contributed by atoms with Gasteiger partial charge in [0.25, 0.3) is 5.91 Å². The van der Waals surface area contributed by atoms with E-state index in [9.17, 15) is 14.0 Å². The Balaban J connectivity index is 1.53. The standard InChI is InChI=1S/C26H27FN4O2S/c1-26(2,3)30-34-21-12-10-20(11-13-21)29-24(32)23-15-18-5-4-14-28-22(18)16-31(23)25(33)17-6-8-19(27)9-7-17/h4-14,23,30H,15-16H2,1-3H3,(H,29,32). The third kappa shape index (κ3) is 5.81. The van der Waals surface area contributed by atoms with Gasteiger partial charge < -0.3 is 10.2 Å². The van der Waals surface area contributed by atoms with E-state index in [0.29, 0.717) is 17.7 Å². The molecule has 4 rings (SSSR count). The van der Waals surface area contributed by atoms with Crippen molar-refractivity contribution in [3.05, 3.63) is 89.5 Å². The molecule has 1 aromatic heterocycles. The van der Waals surface area contributed by atoms with E-state index in [-0.39, 0.29) is 23.9 Å². The topological polar surface area (TPSA) is 74.3 Å². The average Bonchev–Trinajstić information content (AvgIpc) is 2.82. The summed E-state index contributed by atoms with van der Waals surface area (Å²) in [5.74, 6) is -1.04. The highest BCUT2D eigenvalue weighted by Gasteiger charge is 2.35. The molecule has 0 saturated heterocycles. The molecular formula is C26H27FN4O2S. The van der Waals surface area contributed by atoms with Gasteiger partial charge >= 0.3 is 0 Å². The van der Waals surface area contributed by atoms with Crippen LogP contribution in [0, 0.1) is 5.82 Å². The third-order valence-corrected chi connectivity index (χ3v) is 6.57. The Kier molecular flexibility index (Phi) is 7.00. The van der Waals surface area contributed by atoms with Gasteiger partial charge in [-0.1, -0.05) is 6.07 Å². The highest BCUT2D eigenvalue weighted by molar-refractivity contribution is 7.97. The predicted octanol–water partition coefficient (Wildman–Crippen LogP) is 4.82. The number of halogens is 1. The van der Waals surface area contributed by atoms with Gasteiger partial charge in [-0.2, -0.15) is 0 Å². The Hall–Kier alpha value is -3.23. The number of anilines is 1. The molecule has 0 aliphatic carbocycles. The fourth-order valence-electron chi connectivity index (χ4n) is 3.64. The SMILES string of the molecule is CC(C)(C)NSc1ccc(NC(=O)C2Cc3cccnc3CN2C(=O)c2ccc(F)cc2)cc1. The minimum atomic E-state index is -0.717. The second kappa shape index (κ2) is 9.95. The molecule has 0 bridgehead atoms. The van der Waals surface area contributed by atoms with E-state index in [2.05, 4.69) is 35.8 Å². The number of rotatable bonds is 5. The van der Waals surface area contributed by atoms with Crippen molar-refractivity contribution in [2.24, 2.45) is 0 Å². The van der Waals surface area contributed by atoms with Gasteiger partial charge in [0.1, 0.15) is 11.9 Å². The molecule has 1 atom stereocenters. The van der Waals surface area contributed by atoms with Gasteiger partial charge in [0.2, 0.25) is 5.91 Å². The monoisotopic (exact) mass is 478 g/mol. The highest BCUT2D eigenvalue weighted by Crippen LogP contribution is 2.26. The smallest absolute Gasteiger partial charge is 0.254 e.